The number of pyridine rings is 1. The maximum Gasteiger partial charge on any atom is 0.144 e. The molecule has 0 aliphatic rings. The van der Waals surface area contributed by atoms with E-state index in [1.807, 2.05) is 16.5 Å². The normalized spacial score (nSPS) is 10.5. The molecule has 0 amide bonds. The van der Waals surface area contributed by atoms with Crippen LogP contribution in [0.5, 0.6) is 5.75 Å². The Morgan fingerprint density at radius 1 is 1.50 bits per heavy atom. The second-order valence-electron chi connectivity index (χ2n) is 2.37. The van der Waals surface area contributed by atoms with E-state index in [-0.39, 0.29) is 0 Å². The van der Waals surface area contributed by atoms with Crippen molar-refractivity contribution in [1.29, 1.82) is 0 Å². The molecule has 0 unspecified atom stereocenters. The Hall–Kier alpha value is -1.03. The standard InChI is InChI=1S/C8H7BrN2O/c1-12-7-2-3-8(9)11-5-10-4-6(7)11/h2-5H,1H3. The molecule has 0 radical (unpaired) electrons. The molecule has 2 heterocycles. The predicted octanol–water partition coefficient (Wildman–Crippen LogP) is 2.11. The zero-order valence-electron chi connectivity index (χ0n) is 6.49. The molecular formula is C8H7BrN2O. The number of aromatic nitrogens is 2. The minimum atomic E-state index is 0.829. The van der Waals surface area contributed by atoms with E-state index in [1.54, 1.807) is 19.6 Å². The van der Waals surface area contributed by atoms with Crippen molar-refractivity contribution in [1.82, 2.24) is 9.38 Å². The molecule has 62 valence electrons. The van der Waals surface area contributed by atoms with E-state index in [0.29, 0.717) is 0 Å². The summed E-state index contributed by atoms with van der Waals surface area (Å²) in [5.41, 5.74) is 0.965. The molecule has 0 saturated heterocycles. The van der Waals surface area contributed by atoms with Crippen LogP contribution in [-0.2, 0) is 0 Å². The lowest BCUT2D eigenvalue weighted by Crippen LogP contribution is -1.89. The lowest BCUT2D eigenvalue weighted by atomic mass is 10.4. The van der Waals surface area contributed by atoms with Crippen molar-refractivity contribution in [3.05, 3.63) is 29.3 Å². The van der Waals surface area contributed by atoms with Gasteiger partial charge in [-0.2, -0.15) is 0 Å². The molecule has 4 heteroatoms. The van der Waals surface area contributed by atoms with Crippen LogP contribution in [0.4, 0.5) is 0 Å². The average molecular weight is 227 g/mol. The van der Waals surface area contributed by atoms with E-state index in [2.05, 4.69) is 20.9 Å². The molecule has 0 saturated carbocycles. The summed E-state index contributed by atoms with van der Waals surface area (Å²) in [6, 6.07) is 3.83. The van der Waals surface area contributed by atoms with E-state index in [0.717, 1.165) is 15.9 Å². The summed E-state index contributed by atoms with van der Waals surface area (Å²) in [6.07, 6.45) is 3.51. The van der Waals surface area contributed by atoms with Crippen molar-refractivity contribution in [3.8, 4) is 5.75 Å². The zero-order valence-corrected chi connectivity index (χ0v) is 8.08. The first-order valence-electron chi connectivity index (χ1n) is 3.47. The molecule has 3 nitrogen and oxygen atoms in total. The van der Waals surface area contributed by atoms with Gasteiger partial charge < -0.3 is 4.74 Å². The van der Waals surface area contributed by atoms with Gasteiger partial charge in [-0.3, -0.25) is 4.40 Å². The fourth-order valence-corrected chi connectivity index (χ4v) is 1.55. The van der Waals surface area contributed by atoms with Gasteiger partial charge in [-0.1, -0.05) is 0 Å². The Balaban J connectivity index is 2.82. The van der Waals surface area contributed by atoms with Gasteiger partial charge in [0.1, 0.15) is 17.6 Å². The molecule has 0 N–H and O–H groups in total. The van der Waals surface area contributed by atoms with Gasteiger partial charge >= 0.3 is 0 Å². The predicted molar refractivity (Wildman–Crippen MR) is 49.4 cm³/mol. The van der Waals surface area contributed by atoms with Gasteiger partial charge in [0.2, 0.25) is 0 Å². The first kappa shape index (κ1) is 7.61. The molecule has 2 aromatic heterocycles. The molecule has 0 spiro atoms. The van der Waals surface area contributed by atoms with Crippen molar-refractivity contribution >= 4 is 21.4 Å². The van der Waals surface area contributed by atoms with E-state index >= 15 is 0 Å². The van der Waals surface area contributed by atoms with Gasteiger partial charge in [0.05, 0.1) is 17.9 Å². The maximum absolute atomic E-state index is 5.16. The molecule has 0 fully saturated rings. The summed E-state index contributed by atoms with van der Waals surface area (Å²) >= 11 is 3.41. The number of hydrogen-bond acceptors (Lipinski definition) is 2. The van der Waals surface area contributed by atoms with Gasteiger partial charge in [0.25, 0.3) is 0 Å². The summed E-state index contributed by atoms with van der Waals surface area (Å²) < 4.78 is 8.04. The summed E-state index contributed by atoms with van der Waals surface area (Å²) in [4.78, 5) is 4.02. The van der Waals surface area contributed by atoms with Crippen LogP contribution in [0.15, 0.2) is 29.3 Å². The largest absolute Gasteiger partial charge is 0.494 e. The van der Waals surface area contributed by atoms with Gasteiger partial charge in [0, 0.05) is 0 Å². The number of methoxy groups -OCH3 is 1. The second-order valence-corrected chi connectivity index (χ2v) is 3.19. The summed E-state index contributed by atoms with van der Waals surface area (Å²) in [5.74, 6) is 0.829. The van der Waals surface area contributed by atoms with Crippen LogP contribution in [0.2, 0.25) is 0 Å². The number of ether oxygens (including phenoxy) is 1. The Morgan fingerprint density at radius 3 is 3.08 bits per heavy atom. The highest BCUT2D eigenvalue weighted by Crippen LogP contribution is 2.22. The number of fused-ring (bicyclic) bond motifs is 1. The summed E-state index contributed by atoms with van der Waals surface area (Å²) in [5, 5.41) is 0. The summed E-state index contributed by atoms with van der Waals surface area (Å²) in [7, 11) is 1.65. The van der Waals surface area contributed by atoms with Crippen molar-refractivity contribution in [3.63, 3.8) is 0 Å². The third kappa shape index (κ3) is 0.992. The number of nitrogens with zero attached hydrogens (tertiary/aromatic N) is 2. The highest BCUT2D eigenvalue weighted by Gasteiger charge is 2.03. The monoisotopic (exact) mass is 226 g/mol. The molecule has 0 aliphatic carbocycles. The minimum Gasteiger partial charge on any atom is -0.494 e. The number of rotatable bonds is 1. The van der Waals surface area contributed by atoms with Crippen LogP contribution >= 0.6 is 15.9 Å². The van der Waals surface area contributed by atoms with Gasteiger partial charge in [-0.05, 0) is 28.1 Å². The lowest BCUT2D eigenvalue weighted by Gasteiger charge is -2.03. The number of hydrogen-bond donors (Lipinski definition) is 0. The second kappa shape index (κ2) is 2.79. The van der Waals surface area contributed by atoms with Crippen molar-refractivity contribution < 1.29 is 4.74 Å². The van der Waals surface area contributed by atoms with Gasteiger partial charge in [-0.15, -0.1) is 0 Å². The first-order valence-corrected chi connectivity index (χ1v) is 4.27. The third-order valence-electron chi connectivity index (χ3n) is 1.71. The number of imidazole rings is 1. The fraction of sp³-hybridized carbons (Fsp3) is 0.125. The Labute approximate surface area is 78.1 Å². The van der Waals surface area contributed by atoms with Crippen LogP contribution < -0.4 is 4.74 Å². The molecular weight excluding hydrogens is 220 g/mol. The SMILES string of the molecule is COc1ccc(Br)n2cncc12. The van der Waals surface area contributed by atoms with Gasteiger partial charge in [-0.25, -0.2) is 4.98 Å². The molecule has 0 atom stereocenters. The van der Waals surface area contributed by atoms with E-state index < -0.39 is 0 Å². The van der Waals surface area contributed by atoms with Crippen LogP contribution in [0.3, 0.4) is 0 Å². The first-order chi connectivity index (χ1) is 5.83. The number of halogens is 1. The van der Waals surface area contributed by atoms with E-state index in [1.165, 1.54) is 0 Å². The summed E-state index contributed by atoms with van der Waals surface area (Å²) in [6.45, 7) is 0. The molecule has 0 bridgehead atoms. The zero-order chi connectivity index (χ0) is 8.55. The Bertz CT molecular complexity index is 410. The van der Waals surface area contributed by atoms with Crippen molar-refractivity contribution in [2.45, 2.75) is 0 Å². The van der Waals surface area contributed by atoms with E-state index in [4.69, 9.17) is 4.74 Å². The van der Waals surface area contributed by atoms with Crippen molar-refractivity contribution in [2.24, 2.45) is 0 Å². The highest BCUT2D eigenvalue weighted by molar-refractivity contribution is 9.10. The smallest absolute Gasteiger partial charge is 0.144 e. The maximum atomic E-state index is 5.16. The van der Waals surface area contributed by atoms with Crippen LogP contribution in [0.25, 0.3) is 5.52 Å². The minimum absolute atomic E-state index is 0.829. The molecule has 2 rings (SSSR count). The van der Waals surface area contributed by atoms with Gasteiger partial charge in [0.15, 0.2) is 0 Å². The van der Waals surface area contributed by atoms with Crippen LogP contribution in [0, 0.1) is 0 Å². The Kier molecular flexibility index (Phi) is 1.77. The quantitative estimate of drug-likeness (QED) is 0.697. The van der Waals surface area contributed by atoms with Crippen LogP contribution in [-0.4, -0.2) is 16.5 Å². The fourth-order valence-electron chi connectivity index (χ4n) is 1.13. The molecule has 12 heavy (non-hydrogen) atoms. The van der Waals surface area contributed by atoms with E-state index in [9.17, 15) is 0 Å². The van der Waals surface area contributed by atoms with Crippen molar-refractivity contribution in [2.75, 3.05) is 7.11 Å². The molecule has 0 aliphatic heterocycles. The van der Waals surface area contributed by atoms with Crippen LogP contribution in [0.1, 0.15) is 0 Å². The third-order valence-corrected chi connectivity index (χ3v) is 2.36. The topological polar surface area (TPSA) is 26.5 Å². The Morgan fingerprint density at radius 2 is 2.33 bits per heavy atom. The highest BCUT2D eigenvalue weighted by atomic mass is 79.9. The molecule has 2 aromatic rings. The molecule has 0 aromatic carbocycles. The average Bonchev–Trinajstić information content (AvgIpc) is 2.54. The lowest BCUT2D eigenvalue weighted by molar-refractivity contribution is 0.418.